The number of aromatic amines is 1. The maximum atomic E-state index is 4.18. The SMILES string of the molecule is CC(C)(CNCS)c1c[nH]c2ccccc12. The van der Waals surface area contributed by atoms with Gasteiger partial charge < -0.3 is 10.3 Å². The first-order chi connectivity index (χ1) is 7.65. The van der Waals surface area contributed by atoms with Crippen molar-refractivity contribution in [2.45, 2.75) is 19.3 Å². The molecular formula is C13H18N2S. The van der Waals surface area contributed by atoms with Crippen LogP contribution in [0.5, 0.6) is 0 Å². The second-order valence-electron chi connectivity index (χ2n) is 4.72. The number of H-pyrrole nitrogens is 1. The molecule has 0 fully saturated rings. The van der Waals surface area contributed by atoms with Crippen LogP contribution in [0, 0.1) is 0 Å². The van der Waals surface area contributed by atoms with E-state index in [1.807, 2.05) is 0 Å². The van der Waals surface area contributed by atoms with E-state index >= 15 is 0 Å². The van der Waals surface area contributed by atoms with Crippen molar-refractivity contribution in [2.24, 2.45) is 0 Å². The lowest BCUT2D eigenvalue weighted by molar-refractivity contribution is 0.494. The molecule has 2 aromatic rings. The molecule has 1 aromatic heterocycles. The van der Waals surface area contributed by atoms with Gasteiger partial charge in [0.15, 0.2) is 0 Å². The number of rotatable bonds is 4. The predicted molar refractivity (Wildman–Crippen MR) is 73.2 cm³/mol. The van der Waals surface area contributed by atoms with Crippen LogP contribution in [-0.4, -0.2) is 17.4 Å². The summed E-state index contributed by atoms with van der Waals surface area (Å²) in [5.74, 6) is 0.714. The summed E-state index contributed by atoms with van der Waals surface area (Å²) in [6.45, 7) is 5.43. The Morgan fingerprint density at radius 1 is 1.31 bits per heavy atom. The molecule has 0 saturated heterocycles. The van der Waals surface area contributed by atoms with Crippen molar-refractivity contribution in [3.63, 3.8) is 0 Å². The largest absolute Gasteiger partial charge is 0.361 e. The van der Waals surface area contributed by atoms with Crippen LogP contribution in [0.4, 0.5) is 0 Å². The van der Waals surface area contributed by atoms with E-state index in [2.05, 4.69) is 67.2 Å². The molecule has 0 saturated carbocycles. The molecule has 3 heteroatoms. The van der Waals surface area contributed by atoms with Crippen molar-refractivity contribution in [3.05, 3.63) is 36.0 Å². The second kappa shape index (κ2) is 4.52. The summed E-state index contributed by atoms with van der Waals surface area (Å²) in [4.78, 5) is 3.32. The molecule has 0 spiro atoms. The summed E-state index contributed by atoms with van der Waals surface area (Å²) in [7, 11) is 0. The van der Waals surface area contributed by atoms with Crippen LogP contribution in [0.25, 0.3) is 10.9 Å². The highest BCUT2D eigenvalue weighted by Gasteiger charge is 2.23. The number of fused-ring (bicyclic) bond motifs is 1. The van der Waals surface area contributed by atoms with Gasteiger partial charge in [-0.1, -0.05) is 32.0 Å². The van der Waals surface area contributed by atoms with E-state index in [9.17, 15) is 0 Å². The summed E-state index contributed by atoms with van der Waals surface area (Å²) in [6, 6.07) is 8.42. The molecule has 86 valence electrons. The highest BCUT2D eigenvalue weighted by Crippen LogP contribution is 2.29. The Balaban J connectivity index is 2.38. The average Bonchev–Trinajstić information content (AvgIpc) is 2.71. The molecule has 2 nitrogen and oxygen atoms in total. The third kappa shape index (κ3) is 2.11. The topological polar surface area (TPSA) is 27.8 Å². The van der Waals surface area contributed by atoms with E-state index in [0.29, 0.717) is 5.88 Å². The Bertz CT molecular complexity index is 473. The summed E-state index contributed by atoms with van der Waals surface area (Å²) in [5, 5.41) is 4.61. The van der Waals surface area contributed by atoms with Gasteiger partial charge in [0.2, 0.25) is 0 Å². The van der Waals surface area contributed by atoms with E-state index in [1.54, 1.807) is 0 Å². The minimum absolute atomic E-state index is 0.113. The standard InChI is InChI=1S/C13H18N2S/c1-13(2,8-14-9-16)11-7-15-12-6-4-3-5-10(11)12/h3-7,14-16H,8-9H2,1-2H3. The first-order valence-electron chi connectivity index (χ1n) is 5.53. The number of benzene rings is 1. The Kier molecular flexibility index (Phi) is 3.26. The van der Waals surface area contributed by atoms with Crippen LogP contribution in [0.15, 0.2) is 30.5 Å². The fourth-order valence-electron chi connectivity index (χ4n) is 2.10. The Labute approximate surface area is 102 Å². The lowest BCUT2D eigenvalue weighted by atomic mass is 9.84. The lowest BCUT2D eigenvalue weighted by Gasteiger charge is -2.24. The van der Waals surface area contributed by atoms with Crippen LogP contribution in [0.1, 0.15) is 19.4 Å². The van der Waals surface area contributed by atoms with E-state index < -0.39 is 0 Å². The minimum Gasteiger partial charge on any atom is -0.361 e. The van der Waals surface area contributed by atoms with Crippen LogP contribution < -0.4 is 5.32 Å². The monoisotopic (exact) mass is 234 g/mol. The van der Waals surface area contributed by atoms with Crippen LogP contribution in [0.3, 0.4) is 0 Å². The first kappa shape index (κ1) is 11.6. The average molecular weight is 234 g/mol. The van der Waals surface area contributed by atoms with Gasteiger partial charge in [0.05, 0.1) is 0 Å². The molecule has 0 aliphatic carbocycles. The second-order valence-corrected chi connectivity index (χ2v) is 5.03. The highest BCUT2D eigenvalue weighted by atomic mass is 32.1. The number of hydrogen-bond donors (Lipinski definition) is 3. The Morgan fingerprint density at radius 2 is 2.06 bits per heavy atom. The van der Waals surface area contributed by atoms with Crippen LogP contribution >= 0.6 is 12.6 Å². The maximum absolute atomic E-state index is 4.18. The van der Waals surface area contributed by atoms with Gasteiger partial charge in [0.1, 0.15) is 0 Å². The molecule has 0 bridgehead atoms. The first-order valence-corrected chi connectivity index (χ1v) is 6.16. The van der Waals surface area contributed by atoms with Gasteiger partial charge in [0, 0.05) is 34.9 Å². The third-order valence-corrected chi connectivity index (χ3v) is 3.22. The maximum Gasteiger partial charge on any atom is 0.0457 e. The molecule has 0 atom stereocenters. The van der Waals surface area contributed by atoms with Gasteiger partial charge in [-0.25, -0.2) is 0 Å². The Morgan fingerprint density at radius 3 is 2.81 bits per heavy atom. The zero-order valence-corrected chi connectivity index (χ0v) is 10.6. The third-order valence-electron chi connectivity index (χ3n) is 3.00. The van der Waals surface area contributed by atoms with Crippen molar-refractivity contribution in [3.8, 4) is 0 Å². The fourth-order valence-corrected chi connectivity index (χ4v) is 2.21. The number of hydrogen-bond acceptors (Lipinski definition) is 2. The van der Waals surface area contributed by atoms with Crippen molar-refractivity contribution >= 4 is 23.5 Å². The summed E-state index contributed by atoms with van der Waals surface area (Å²) in [6.07, 6.45) is 2.12. The zero-order valence-electron chi connectivity index (χ0n) is 9.75. The fraction of sp³-hybridized carbons (Fsp3) is 0.385. The van der Waals surface area contributed by atoms with E-state index in [4.69, 9.17) is 0 Å². The summed E-state index contributed by atoms with van der Waals surface area (Å²) in [5.41, 5.74) is 2.68. The normalized spacial score (nSPS) is 12.2. The molecule has 1 heterocycles. The highest BCUT2D eigenvalue weighted by molar-refractivity contribution is 7.80. The lowest BCUT2D eigenvalue weighted by Crippen LogP contribution is -2.32. The molecule has 2 rings (SSSR count). The molecule has 1 aromatic carbocycles. The molecule has 0 unspecified atom stereocenters. The van der Waals surface area contributed by atoms with Gasteiger partial charge in [-0.05, 0) is 11.6 Å². The van der Waals surface area contributed by atoms with Gasteiger partial charge in [-0.3, -0.25) is 0 Å². The molecule has 0 radical (unpaired) electrons. The van der Waals surface area contributed by atoms with Gasteiger partial charge in [-0.2, -0.15) is 12.6 Å². The molecule has 0 aliphatic heterocycles. The molecule has 2 N–H and O–H groups in total. The smallest absolute Gasteiger partial charge is 0.0457 e. The van der Waals surface area contributed by atoms with Gasteiger partial charge >= 0.3 is 0 Å². The van der Waals surface area contributed by atoms with Gasteiger partial charge in [0.25, 0.3) is 0 Å². The van der Waals surface area contributed by atoms with Crippen LogP contribution in [-0.2, 0) is 5.41 Å². The summed E-state index contributed by atoms with van der Waals surface area (Å²) < 4.78 is 0. The molecule has 16 heavy (non-hydrogen) atoms. The van der Waals surface area contributed by atoms with Crippen molar-refractivity contribution in [2.75, 3.05) is 12.4 Å². The van der Waals surface area contributed by atoms with Crippen molar-refractivity contribution in [1.29, 1.82) is 0 Å². The number of nitrogens with one attached hydrogen (secondary N) is 2. The number of aromatic nitrogens is 1. The van der Waals surface area contributed by atoms with Crippen molar-refractivity contribution in [1.82, 2.24) is 10.3 Å². The zero-order chi connectivity index (χ0) is 11.6. The van der Waals surface area contributed by atoms with Gasteiger partial charge in [-0.15, -0.1) is 0 Å². The number of para-hydroxylation sites is 1. The predicted octanol–water partition coefficient (Wildman–Crippen LogP) is 2.92. The van der Waals surface area contributed by atoms with Crippen molar-refractivity contribution < 1.29 is 0 Å². The van der Waals surface area contributed by atoms with Crippen LogP contribution in [0.2, 0.25) is 0 Å². The number of thiol groups is 1. The van der Waals surface area contributed by atoms with E-state index in [-0.39, 0.29) is 5.41 Å². The van der Waals surface area contributed by atoms with E-state index in [0.717, 1.165) is 6.54 Å². The van der Waals surface area contributed by atoms with E-state index in [1.165, 1.54) is 16.5 Å². The minimum atomic E-state index is 0.113. The quantitative estimate of drug-likeness (QED) is 0.551. The summed E-state index contributed by atoms with van der Waals surface area (Å²) >= 11 is 4.18. The molecule has 0 amide bonds. The molecule has 0 aliphatic rings. The molecular weight excluding hydrogens is 216 g/mol. The Hall–Kier alpha value is -0.930.